The Morgan fingerprint density at radius 3 is 2.29 bits per heavy atom. The lowest BCUT2D eigenvalue weighted by molar-refractivity contribution is 0.0300. The number of nitrogens with zero attached hydrogens (tertiary/aromatic N) is 1. The van der Waals surface area contributed by atoms with Gasteiger partial charge in [0.15, 0.2) is 0 Å². The fourth-order valence-electron chi connectivity index (χ4n) is 2.48. The molecule has 1 aromatic rings. The monoisotopic (exact) mass is 293 g/mol. The highest BCUT2D eigenvalue weighted by molar-refractivity contribution is 5.97. The average molecular weight is 293 g/mol. The molecule has 21 heavy (non-hydrogen) atoms. The molecule has 1 fully saturated rings. The average Bonchev–Trinajstić information content (AvgIpc) is 2.53. The molecule has 0 aromatic heterocycles. The van der Waals surface area contributed by atoms with Crippen LogP contribution in [0.1, 0.15) is 35.7 Å². The Morgan fingerprint density at radius 1 is 1.14 bits per heavy atom. The number of amides is 1. The molecule has 0 aliphatic carbocycles. The van der Waals surface area contributed by atoms with Crippen LogP contribution >= 0.6 is 0 Å². The number of hydrogen-bond donors (Lipinski definition) is 0. The van der Waals surface area contributed by atoms with Gasteiger partial charge in [-0.15, -0.1) is 0 Å². The first-order chi connectivity index (χ1) is 10.1. The highest BCUT2D eigenvalue weighted by atomic mass is 16.5. The van der Waals surface area contributed by atoms with Gasteiger partial charge in [-0.3, -0.25) is 4.79 Å². The van der Waals surface area contributed by atoms with Crippen molar-refractivity contribution in [2.45, 2.75) is 19.8 Å². The van der Waals surface area contributed by atoms with E-state index in [0.717, 1.165) is 11.3 Å². The second-order valence-electron chi connectivity index (χ2n) is 5.35. The fourth-order valence-corrected chi connectivity index (χ4v) is 2.48. The van der Waals surface area contributed by atoms with E-state index in [0.29, 0.717) is 43.5 Å². The highest BCUT2D eigenvalue weighted by Crippen LogP contribution is 2.34. The molecule has 1 aliphatic rings. The second-order valence-corrected chi connectivity index (χ2v) is 5.35. The molecule has 1 heterocycles. The third-order valence-electron chi connectivity index (χ3n) is 3.70. The smallest absolute Gasteiger partial charge is 0.257 e. The minimum Gasteiger partial charge on any atom is -0.496 e. The van der Waals surface area contributed by atoms with E-state index in [9.17, 15) is 4.79 Å². The SMILES string of the molecule is COc1cc(C(C)C)c(OC)cc1C(=O)N1CCOCC1. The zero-order chi connectivity index (χ0) is 15.4. The van der Waals surface area contributed by atoms with E-state index in [1.807, 2.05) is 6.07 Å². The zero-order valence-corrected chi connectivity index (χ0v) is 13.1. The maximum atomic E-state index is 12.7. The van der Waals surface area contributed by atoms with Crippen molar-refractivity contribution >= 4 is 5.91 Å². The summed E-state index contributed by atoms with van der Waals surface area (Å²) >= 11 is 0. The predicted octanol–water partition coefficient (Wildman–Crippen LogP) is 2.30. The molecular formula is C16H23NO4. The van der Waals surface area contributed by atoms with E-state index in [-0.39, 0.29) is 5.91 Å². The Hall–Kier alpha value is -1.75. The molecule has 1 saturated heterocycles. The molecule has 0 atom stereocenters. The highest BCUT2D eigenvalue weighted by Gasteiger charge is 2.24. The maximum Gasteiger partial charge on any atom is 0.257 e. The molecule has 0 radical (unpaired) electrons. The Labute approximate surface area is 125 Å². The van der Waals surface area contributed by atoms with E-state index in [1.165, 1.54) is 0 Å². The molecule has 0 spiro atoms. The topological polar surface area (TPSA) is 48.0 Å². The van der Waals surface area contributed by atoms with Gasteiger partial charge in [0.05, 0.1) is 33.0 Å². The normalized spacial score (nSPS) is 15.2. The van der Waals surface area contributed by atoms with Crippen molar-refractivity contribution < 1.29 is 19.0 Å². The van der Waals surface area contributed by atoms with Crippen LogP contribution in [0.5, 0.6) is 11.5 Å². The van der Waals surface area contributed by atoms with E-state index < -0.39 is 0 Å². The van der Waals surface area contributed by atoms with Crippen LogP contribution in [0, 0.1) is 0 Å². The first-order valence-corrected chi connectivity index (χ1v) is 7.21. The van der Waals surface area contributed by atoms with Crippen LogP contribution in [-0.2, 0) is 4.74 Å². The standard InChI is InChI=1S/C16H23NO4/c1-11(2)12-9-15(20-4)13(10-14(12)19-3)16(18)17-5-7-21-8-6-17/h9-11H,5-8H2,1-4H3. The Kier molecular flexibility index (Phi) is 5.07. The largest absolute Gasteiger partial charge is 0.496 e. The van der Waals surface area contributed by atoms with E-state index in [4.69, 9.17) is 14.2 Å². The number of hydrogen-bond acceptors (Lipinski definition) is 4. The number of ether oxygens (including phenoxy) is 3. The van der Waals surface area contributed by atoms with Crippen molar-refractivity contribution in [3.63, 3.8) is 0 Å². The Balaban J connectivity index is 2.39. The molecule has 1 aliphatic heterocycles. The van der Waals surface area contributed by atoms with Gasteiger partial charge in [-0.05, 0) is 18.1 Å². The molecule has 5 nitrogen and oxygen atoms in total. The molecule has 1 amide bonds. The van der Waals surface area contributed by atoms with E-state index in [1.54, 1.807) is 25.2 Å². The third-order valence-corrected chi connectivity index (χ3v) is 3.70. The minimum atomic E-state index is -0.0382. The predicted molar refractivity (Wildman–Crippen MR) is 80.4 cm³/mol. The van der Waals surface area contributed by atoms with Crippen LogP contribution in [0.3, 0.4) is 0 Å². The Morgan fingerprint density at radius 2 is 1.76 bits per heavy atom. The Bertz CT molecular complexity index is 507. The number of morpholine rings is 1. The second kappa shape index (κ2) is 6.80. The summed E-state index contributed by atoms with van der Waals surface area (Å²) in [5.41, 5.74) is 1.58. The summed E-state index contributed by atoms with van der Waals surface area (Å²) in [6, 6.07) is 3.68. The van der Waals surface area contributed by atoms with Gasteiger partial charge in [0.25, 0.3) is 5.91 Å². The van der Waals surface area contributed by atoms with Crippen LogP contribution in [-0.4, -0.2) is 51.3 Å². The summed E-state index contributed by atoms with van der Waals surface area (Å²) in [5.74, 6) is 1.57. The zero-order valence-electron chi connectivity index (χ0n) is 13.1. The first kappa shape index (κ1) is 15.6. The lowest BCUT2D eigenvalue weighted by atomic mass is 9.98. The van der Waals surface area contributed by atoms with Gasteiger partial charge in [0, 0.05) is 18.7 Å². The van der Waals surface area contributed by atoms with Crippen molar-refractivity contribution in [3.05, 3.63) is 23.3 Å². The van der Waals surface area contributed by atoms with Gasteiger partial charge in [0.1, 0.15) is 11.5 Å². The summed E-state index contributed by atoms with van der Waals surface area (Å²) in [6.07, 6.45) is 0. The summed E-state index contributed by atoms with van der Waals surface area (Å²) in [6.45, 7) is 6.54. The van der Waals surface area contributed by atoms with Gasteiger partial charge in [-0.25, -0.2) is 0 Å². The van der Waals surface area contributed by atoms with Crippen molar-refractivity contribution in [2.24, 2.45) is 0 Å². The lowest BCUT2D eigenvalue weighted by Gasteiger charge is -2.28. The third kappa shape index (κ3) is 3.29. The lowest BCUT2D eigenvalue weighted by Crippen LogP contribution is -2.40. The number of carbonyl (C=O) groups is 1. The summed E-state index contributed by atoms with van der Waals surface area (Å²) in [7, 11) is 3.21. The molecular weight excluding hydrogens is 270 g/mol. The molecule has 0 saturated carbocycles. The number of methoxy groups -OCH3 is 2. The van der Waals surface area contributed by atoms with Gasteiger partial charge < -0.3 is 19.1 Å². The molecule has 2 rings (SSSR count). The van der Waals surface area contributed by atoms with Crippen LogP contribution in [0.2, 0.25) is 0 Å². The molecule has 0 N–H and O–H groups in total. The number of rotatable bonds is 4. The number of benzene rings is 1. The van der Waals surface area contributed by atoms with Crippen molar-refractivity contribution in [2.75, 3.05) is 40.5 Å². The number of carbonyl (C=O) groups excluding carboxylic acids is 1. The van der Waals surface area contributed by atoms with Gasteiger partial charge in [-0.1, -0.05) is 13.8 Å². The first-order valence-electron chi connectivity index (χ1n) is 7.21. The quantitative estimate of drug-likeness (QED) is 0.854. The van der Waals surface area contributed by atoms with Crippen LogP contribution in [0.25, 0.3) is 0 Å². The molecule has 116 valence electrons. The summed E-state index contributed by atoms with van der Waals surface area (Å²) in [5, 5.41) is 0. The minimum absolute atomic E-state index is 0.0382. The summed E-state index contributed by atoms with van der Waals surface area (Å²) in [4.78, 5) is 14.5. The molecule has 0 unspecified atom stereocenters. The van der Waals surface area contributed by atoms with Gasteiger partial charge >= 0.3 is 0 Å². The maximum absolute atomic E-state index is 12.7. The molecule has 5 heteroatoms. The van der Waals surface area contributed by atoms with Crippen LogP contribution in [0.4, 0.5) is 0 Å². The van der Waals surface area contributed by atoms with Crippen molar-refractivity contribution in [3.8, 4) is 11.5 Å². The van der Waals surface area contributed by atoms with Gasteiger partial charge in [0.2, 0.25) is 0 Å². The fraction of sp³-hybridized carbons (Fsp3) is 0.562. The summed E-state index contributed by atoms with van der Waals surface area (Å²) < 4.78 is 16.1. The molecule has 0 bridgehead atoms. The van der Waals surface area contributed by atoms with Crippen LogP contribution in [0.15, 0.2) is 12.1 Å². The van der Waals surface area contributed by atoms with Crippen LogP contribution < -0.4 is 9.47 Å². The van der Waals surface area contributed by atoms with Crippen molar-refractivity contribution in [1.29, 1.82) is 0 Å². The van der Waals surface area contributed by atoms with Crippen molar-refractivity contribution in [1.82, 2.24) is 4.90 Å². The molecule has 1 aromatic carbocycles. The van der Waals surface area contributed by atoms with Gasteiger partial charge in [-0.2, -0.15) is 0 Å². The van der Waals surface area contributed by atoms with E-state index >= 15 is 0 Å². The van der Waals surface area contributed by atoms with E-state index in [2.05, 4.69) is 13.8 Å².